The number of hydrogen-bond donors (Lipinski definition) is 2. The maximum Gasteiger partial charge on any atom is 0.240 e. The normalized spacial score (nSPS) is 19.3. The molecule has 6 nitrogen and oxygen atoms in total. The van der Waals surface area contributed by atoms with Crippen molar-refractivity contribution >= 4 is 10.0 Å². The zero-order chi connectivity index (χ0) is 14.9. The summed E-state index contributed by atoms with van der Waals surface area (Å²) in [7, 11) is -3.53. The van der Waals surface area contributed by atoms with Crippen LogP contribution in [0.5, 0.6) is 11.5 Å². The van der Waals surface area contributed by atoms with Gasteiger partial charge < -0.3 is 15.2 Å². The van der Waals surface area contributed by atoms with Gasteiger partial charge in [0.05, 0.1) is 4.90 Å². The number of rotatable bonds is 6. The molecule has 1 aliphatic carbocycles. The first-order valence-electron chi connectivity index (χ1n) is 7.14. The maximum atomic E-state index is 12.4. The van der Waals surface area contributed by atoms with E-state index < -0.39 is 10.0 Å². The number of ether oxygens (including phenoxy) is 2. The van der Waals surface area contributed by atoms with Gasteiger partial charge in [-0.2, -0.15) is 0 Å². The predicted octanol–water partition coefficient (Wildman–Crippen LogP) is 0.865. The molecule has 0 bridgehead atoms. The van der Waals surface area contributed by atoms with Gasteiger partial charge in [0, 0.05) is 12.6 Å². The van der Waals surface area contributed by atoms with Crippen LogP contribution in [0.2, 0.25) is 0 Å². The van der Waals surface area contributed by atoms with E-state index >= 15 is 0 Å². The highest BCUT2D eigenvalue weighted by Gasteiger charge is 2.42. The highest BCUT2D eigenvalue weighted by Crippen LogP contribution is 2.48. The molecule has 0 spiro atoms. The number of hydrogen-bond acceptors (Lipinski definition) is 5. The lowest BCUT2D eigenvalue weighted by Crippen LogP contribution is -2.31. The largest absolute Gasteiger partial charge is 0.486 e. The van der Waals surface area contributed by atoms with Gasteiger partial charge in [0.25, 0.3) is 0 Å². The Balaban J connectivity index is 1.73. The molecule has 21 heavy (non-hydrogen) atoms. The quantitative estimate of drug-likeness (QED) is 0.813. The fraction of sp³-hybridized carbons (Fsp3) is 0.571. The zero-order valence-corrected chi connectivity index (χ0v) is 12.6. The lowest BCUT2D eigenvalue weighted by molar-refractivity contribution is 0.171. The summed E-state index contributed by atoms with van der Waals surface area (Å²) in [4.78, 5) is 0.204. The molecule has 0 radical (unpaired) electrons. The highest BCUT2D eigenvalue weighted by atomic mass is 32.2. The van der Waals surface area contributed by atoms with E-state index in [9.17, 15) is 8.42 Å². The number of fused-ring (bicyclic) bond motifs is 1. The number of nitrogens with two attached hydrogens (primary N) is 1. The number of sulfonamides is 1. The Morgan fingerprint density at radius 3 is 2.57 bits per heavy atom. The minimum atomic E-state index is -3.53. The SMILES string of the molecule is NCCC1(CNS(=O)(=O)c2ccc3c(c2)OCCO3)CC1. The molecule has 3 rings (SSSR count). The molecule has 0 atom stereocenters. The monoisotopic (exact) mass is 312 g/mol. The summed E-state index contributed by atoms with van der Waals surface area (Å²) in [5, 5.41) is 0. The standard InChI is InChI=1S/C14H20N2O4S/c15-6-5-14(3-4-14)10-16-21(17,18)11-1-2-12-13(9-11)20-8-7-19-12/h1-2,9,16H,3-8,10,15H2. The third-order valence-electron chi connectivity index (χ3n) is 4.09. The lowest BCUT2D eigenvalue weighted by atomic mass is 10.0. The van der Waals surface area contributed by atoms with Crippen LogP contribution < -0.4 is 19.9 Å². The van der Waals surface area contributed by atoms with Crippen molar-refractivity contribution in [3.05, 3.63) is 18.2 Å². The molecule has 0 amide bonds. The summed E-state index contributed by atoms with van der Waals surface area (Å²) in [6, 6.07) is 4.69. The van der Waals surface area contributed by atoms with Crippen LogP contribution in [0.3, 0.4) is 0 Å². The third kappa shape index (κ3) is 3.14. The summed E-state index contributed by atoms with van der Waals surface area (Å²) < 4.78 is 38.2. The average Bonchev–Trinajstić information content (AvgIpc) is 3.25. The van der Waals surface area contributed by atoms with Gasteiger partial charge >= 0.3 is 0 Å². The zero-order valence-electron chi connectivity index (χ0n) is 11.8. The Kier molecular flexibility index (Phi) is 3.81. The van der Waals surface area contributed by atoms with Crippen LogP contribution in [-0.4, -0.2) is 34.7 Å². The average molecular weight is 312 g/mol. The summed E-state index contributed by atoms with van der Waals surface area (Å²) in [6.07, 6.45) is 2.93. The van der Waals surface area contributed by atoms with Gasteiger partial charge in [0.15, 0.2) is 11.5 Å². The molecule has 7 heteroatoms. The summed E-state index contributed by atoms with van der Waals surface area (Å²) in [5.74, 6) is 1.06. The van der Waals surface area contributed by atoms with Crippen LogP contribution >= 0.6 is 0 Å². The first-order valence-corrected chi connectivity index (χ1v) is 8.62. The molecule has 0 saturated heterocycles. The fourth-order valence-electron chi connectivity index (χ4n) is 2.52. The van der Waals surface area contributed by atoms with Gasteiger partial charge in [-0.25, -0.2) is 13.1 Å². The van der Waals surface area contributed by atoms with E-state index in [1.807, 2.05) is 0 Å². The second-order valence-corrected chi connectivity index (χ2v) is 7.44. The molecule has 1 fully saturated rings. The molecule has 3 N–H and O–H groups in total. The van der Waals surface area contributed by atoms with Gasteiger partial charge in [-0.3, -0.25) is 0 Å². The van der Waals surface area contributed by atoms with E-state index in [2.05, 4.69) is 4.72 Å². The van der Waals surface area contributed by atoms with Crippen molar-refractivity contribution in [3.8, 4) is 11.5 Å². The predicted molar refractivity (Wildman–Crippen MR) is 78.0 cm³/mol. The third-order valence-corrected chi connectivity index (χ3v) is 5.49. The Bertz CT molecular complexity index is 626. The Hall–Kier alpha value is -1.31. The van der Waals surface area contributed by atoms with Crippen LogP contribution in [0.4, 0.5) is 0 Å². The maximum absolute atomic E-state index is 12.4. The summed E-state index contributed by atoms with van der Waals surface area (Å²) in [5.41, 5.74) is 5.64. The Morgan fingerprint density at radius 1 is 1.19 bits per heavy atom. The van der Waals surface area contributed by atoms with Gasteiger partial charge in [-0.05, 0) is 43.4 Å². The van der Waals surface area contributed by atoms with Crippen molar-refractivity contribution in [2.75, 3.05) is 26.3 Å². The van der Waals surface area contributed by atoms with Crippen LogP contribution in [0.15, 0.2) is 23.1 Å². The molecule has 1 heterocycles. The van der Waals surface area contributed by atoms with Crippen LogP contribution in [-0.2, 0) is 10.0 Å². The number of benzene rings is 1. The van der Waals surface area contributed by atoms with Gasteiger partial charge in [-0.1, -0.05) is 0 Å². The Morgan fingerprint density at radius 2 is 1.90 bits per heavy atom. The van der Waals surface area contributed by atoms with Gasteiger partial charge in [0.1, 0.15) is 13.2 Å². The first kappa shape index (κ1) is 14.6. The molecular formula is C14H20N2O4S. The molecule has 116 valence electrons. The molecule has 1 saturated carbocycles. The number of nitrogens with one attached hydrogen (secondary N) is 1. The highest BCUT2D eigenvalue weighted by molar-refractivity contribution is 7.89. The summed E-state index contributed by atoms with van der Waals surface area (Å²) >= 11 is 0. The molecule has 1 aromatic carbocycles. The molecule has 2 aliphatic rings. The van der Waals surface area contributed by atoms with Crippen molar-refractivity contribution < 1.29 is 17.9 Å². The molecule has 0 aromatic heterocycles. The van der Waals surface area contributed by atoms with Crippen molar-refractivity contribution in [3.63, 3.8) is 0 Å². The second-order valence-electron chi connectivity index (χ2n) is 5.67. The smallest absolute Gasteiger partial charge is 0.240 e. The van der Waals surface area contributed by atoms with Crippen molar-refractivity contribution in [1.29, 1.82) is 0 Å². The first-order chi connectivity index (χ1) is 10.0. The van der Waals surface area contributed by atoms with Gasteiger partial charge in [-0.15, -0.1) is 0 Å². The molecule has 0 unspecified atom stereocenters. The van der Waals surface area contributed by atoms with E-state index in [4.69, 9.17) is 15.2 Å². The lowest BCUT2D eigenvalue weighted by Gasteiger charge is -2.19. The van der Waals surface area contributed by atoms with Crippen LogP contribution in [0, 0.1) is 5.41 Å². The minimum absolute atomic E-state index is 0.0651. The minimum Gasteiger partial charge on any atom is -0.486 e. The Labute approximate surface area is 124 Å². The van der Waals surface area contributed by atoms with Crippen molar-refractivity contribution in [2.24, 2.45) is 11.1 Å². The molecular weight excluding hydrogens is 292 g/mol. The van der Waals surface area contributed by atoms with E-state index in [1.54, 1.807) is 12.1 Å². The molecule has 1 aliphatic heterocycles. The van der Waals surface area contributed by atoms with Crippen molar-refractivity contribution in [1.82, 2.24) is 4.72 Å². The van der Waals surface area contributed by atoms with E-state index in [-0.39, 0.29) is 10.3 Å². The van der Waals surface area contributed by atoms with Gasteiger partial charge in [0.2, 0.25) is 10.0 Å². The van der Waals surface area contributed by atoms with Crippen molar-refractivity contribution in [2.45, 2.75) is 24.2 Å². The van der Waals surface area contributed by atoms with E-state index in [0.29, 0.717) is 37.8 Å². The van der Waals surface area contributed by atoms with Crippen LogP contribution in [0.25, 0.3) is 0 Å². The second kappa shape index (κ2) is 5.47. The van der Waals surface area contributed by atoms with E-state index in [1.165, 1.54) is 6.07 Å². The fourth-order valence-corrected chi connectivity index (χ4v) is 3.69. The topological polar surface area (TPSA) is 90.7 Å². The van der Waals surface area contributed by atoms with Crippen LogP contribution in [0.1, 0.15) is 19.3 Å². The van der Waals surface area contributed by atoms with E-state index in [0.717, 1.165) is 19.3 Å². The molecule has 1 aromatic rings. The summed E-state index contributed by atoms with van der Waals surface area (Å²) in [6.45, 7) is 1.95.